The Morgan fingerprint density at radius 1 is 1.05 bits per heavy atom. The van der Waals surface area contributed by atoms with Crippen molar-refractivity contribution in [3.63, 3.8) is 0 Å². The topological polar surface area (TPSA) is 97.0 Å². The molecule has 8 heteroatoms. The lowest BCUT2D eigenvalue weighted by molar-refractivity contribution is -0.143. The molecule has 1 saturated carbocycles. The Hall–Kier alpha value is -2.71. The van der Waals surface area contributed by atoms with Crippen LogP contribution in [0.5, 0.6) is 0 Å². The molecule has 3 saturated heterocycles. The van der Waals surface area contributed by atoms with Crippen molar-refractivity contribution in [1.82, 2.24) is 10.2 Å². The molecule has 2 bridgehead atoms. The summed E-state index contributed by atoms with van der Waals surface area (Å²) in [6.07, 6.45) is 10.2. The first-order chi connectivity index (χ1) is 17.9. The van der Waals surface area contributed by atoms with Crippen LogP contribution in [0.2, 0.25) is 0 Å². The number of benzene rings is 1. The van der Waals surface area contributed by atoms with Crippen molar-refractivity contribution in [1.29, 1.82) is 0 Å². The molecule has 1 aromatic carbocycles. The first-order valence-corrected chi connectivity index (χ1v) is 13.8. The molecule has 0 radical (unpaired) electrons. The molecule has 0 aromatic heterocycles. The Balaban J connectivity index is 1.29. The number of likely N-dealkylation sites (tertiary alicyclic amines) is 1. The standard InChI is InChI=1S/C29H37N3O5/c1-17-10-11-20(15-18(17)2)31-26(33)23-22-12-13-29(37-22)24(23)28(35)32(16-21-9-6-14-36-21)25(29)27(34)30-19-7-4-3-5-8-19/h10-13,15,19,21-25H,3-9,14,16H2,1-2H3,(H,30,34)(H,31,33)/t21?,22-,23?,24-,25?,29?/m1/s1. The molecule has 8 nitrogen and oxygen atoms in total. The first kappa shape index (κ1) is 24.6. The average Bonchev–Trinajstić information content (AvgIpc) is 3.65. The molecule has 1 aromatic rings. The largest absolute Gasteiger partial charge is 0.376 e. The predicted octanol–water partition coefficient (Wildman–Crippen LogP) is 3.02. The summed E-state index contributed by atoms with van der Waals surface area (Å²) in [6, 6.07) is 5.09. The second kappa shape index (κ2) is 9.55. The molecule has 4 unspecified atom stereocenters. The summed E-state index contributed by atoms with van der Waals surface area (Å²) < 4.78 is 12.3. The van der Waals surface area contributed by atoms with Gasteiger partial charge < -0.3 is 25.0 Å². The number of hydrogen-bond donors (Lipinski definition) is 2. The van der Waals surface area contributed by atoms with Gasteiger partial charge in [0.2, 0.25) is 17.7 Å². The zero-order valence-electron chi connectivity index (χ0n) is 21.7. The third kappa shape index (κ3) is 4.18. The highest BCUT2D eigenvalue weighted by Crippen LogP contribution is 2.55. The quantitative estimate of drug-likeness (QED) is 0.577. The van der Waals surface area contributed by atoms with Gasteiger partial charge in [-0.3, -0.25) is 14.4 Å². The fraction of sp³-hybridized carbons (Fsp3) is 0.621. The van der Waals surface area contributed by atoms with E-state index in [-0.39, 0.29) is 29.9 Å². The maximum Gasteiger partial charge on any atom is 0.246 e. The molecular formula is C29H37N3O5. The Bertz CT molecular complexity index is 1120. The molecule has 5 aliphatic rings. The molecule has 1 aliphatic carbocycles. The lowest BCUT2D eigenvalue weighted by Gasteiger charge is -2.34. The van der Waals surface area contributed by atoms with E-state index in [2.05, 4.69) is 10.6 Å². The monoisotopic (exact) mass is 507 g/mol. The maximum atomic E-state index is 14.0. The zero-order valence-corrected chi connectivity index (χ0v) is 21.7. The minimum atomic E-state index is -1.13. The van der Waals surface area contributed by atoms with Crippen molar-refractivity contribution in [2.75, 3.05) is 18.5 Å². The summed E-state index contributed by atoms with van der Waals surface area (Å²) >= 11 is 0. The zero-order chi connectivity index (χ0) is 25.7. The lowest BCUT2D eigenvalue weighted by atomic mass is 9.74. The smallest absolute Gasteiger partial charge is 0.246 e. The molecule has 2 N–H and O–H groups in total. The van der Waals surface area contributed by atoms with E-state index in [0.29, 0.717) is 18.8 Å². The van der Waals surface area contributed by atoms with E-state index in [1.54, 1.807) is 4.90 Å². The van der Waals surface area contributed by atoms with Gasteiger partial charge in [0.15, 0.2) is 0 Å². The molecule has 6 atom stereocenters. The fourth-order valence-corrected chi connectivity index (χ4v) is 7.04. The van der Waals surface area contributed by atoms with Gasteiger partial charge >= 0.3 is 0 Å². The van der Waals surface area contributed by atoms with E-state index in [4.69, 9.17) is 9.47 Å². The summed E-state index contributed by atoms with van der Waals surface area (Å²) in [6.45, 7) is 5.03. The molecule has 1 spiro atoms. The van der Waals surface area contributed by atoms with Crippen molar-refractivity contribution in [3.8, 4) is 0 Å². The molecule has 6 rings (SSSR count). The van der Waals surface area contributed by atoms with Crippen LogP contribution in [0, 0.1) is 25.7 Å². The Morgan fingerprint density at radius 3 is 2.59 bits per heavy atom. The molecular weight excluding hydrogens is 470 g/mol. The van der Waals surface area contributed by atoms with Crippen LogP contribution in [0.15, 0.2) is 30.4 Å². The third-order valence-electron chi connectivity index (χ3n) is 9.08. The van der Waals surface area contributed by atoms with Crippen LogP contribution in [0.1, 0.15) is 56.1 Å². The number of nitrogens with zero attached hydrogens (tertiary/aromatic N) is 1. The number of anilines is 1. The van der Waals surface area contributed by atoms with Gasteiger partial charge in [-0.25, -0.2) is 0 Å². The Labute approximate surface area is 218 Å². The SMILES string of the molecule is Cc1ccc(NC(=O)C2[C@H]3C=CC4(O3)C(C(=O)NC3CCCCC3)N(CC3CCCO3)C(=O)[C@@H]24)cc1C. The number of hydrogen-bond acceptors (Lipinski definition) is 5. The van der Waals surface area contributed by atoms with Gasteiger partial charge in [0, 0.05) is 24.9 Å². The van der Waals surface area contributed by atoms with E-state index >= 15 is 0 Å². The number of ether oxygens (including phenoxy) is 2. The predicted molar refractivity (Wildman–Crippen MR) is 138 cm³/mol. The first-order valence-electron chi connectivity index (χ1n) is 13.8. The summed E-state index contributed by atoms with van der Waals surface area (Å²) in [5.41, 5.74) is 1.79. The van der Waals surface area contributed by atoms with E-state index in [9.17, 15) is 14.4 Å². The van der Waals surface area contributed by atoms with E-state index in [0.717, 1.165) is 49.7 Å². The van der Waals surface area contributed by atoms with Crippen LogP contribution >= 0.6 is 0 Å². The van der Waals surface area contributed by atoms with Gasteiger partial charge in [-0.05, 0) is 62.8 Å². The van der Waals surface area contributed by atoms with Crippen LogP contribution in [-0.4, -0.2) is 65.7 Å². The normalized spacial score (nSPS) is 34.7. The van der Waals surface area contributed by atoms with E-state index in [1.807, 2.05) is 44.2 Å². The molecule has 4 heterocycles. The van der Waals surface area contributed by atoms with Crippen LogP contribution in [0.25, 0.3) is 0 Å². The Kier molecular flexibility index (Phi) is 6.35. The van der Waals surface area contributed by atoms with Crippen molar-refractivity contribution in [2.45, 2.75) is 88.7 Å². The molecule has 37 heavy (non-hydrogen) atoms. The van der Waals surface area contributed by atoms with Gasteiger partial charge in [-0.1, -0.05) is 37.5 Å². The molecule has 198 valence electrons. The summed E-state index contributed by atoms with van der Waals surface area (Å²) in [5.74, 6) is -2.05. The van der Waals surface area contributed by atoms with Gasteiger partial charge in [0.05, 0.1) is 24.0 Å². The number of rotatable bonds is 6. The van der Waals surface area contributed by atoms with Gasteiger partial charge in [0.25, 0.3) is 0 Å². The highest BCUT2D eigenvalue weighted by atomic mass is 16.5. The minimum Gasteiger partial charge on any atom is -0.376 e. The summed E-state index contributed by atoms with van der Waals surface area (Å²) in [5, 5.41) is 6.25. The highest BCUT2D eigenvalue weighted by Gasteiger charge is 2.73. The van der Waals surface area contributed by atoms with Crippen molar-refractivity contribution >= 4 is 23.4 Å². The fourth-order valence-electron chi connectivity index (χ4n) is 7.04. The van der Waals surface area contributed by atoms with Gasteiger partial charge in [-0.15, -0.1) is 0 Å². The summed E-state index contributed by atoms with van der Waals surface area (Å²) in [4.78, 5) is 43.1. The summed E-state index contributed by atoms with van der Waals surface area (Å²) in [7, 11) is 0. The number of carbonyl (C=O) groups is 3. The maximum absolute atomic E-state index is 14.0. The number of carbonyl (C=O) groups excluding carboxylic acids is 3. The number of fused-ring (bicyclic) bond motifs is 1. The average molecular weight is 508 g/mol. The van der Waals surface area contributed by atoms with Gasteiger partial charge in [0.1, 0.15) is 11.6 Å². The van der Waals surface area contributed by atoms with Gasteiger partial charge in [-0.2, -0.15) is 0 Å². The lowest BCUT2D eigenvalue weighted by Crippen LogP contribution is -2.57. The van der Waals surface area contributed by atoms with Crippen LogP contribution in [0.4, 0.5) is 5.69 Å². The van der Waals surface area contributed by atoms with Crippen LogP contribution in [0.3, 0.4) is 0 Å². The number of amides is 3. The minimum absolute atomic E-state index is 0.104. The molecule has 4 fully saturated rings. The van der Waals surface area contributed by atoms with Crippen LogP contribution < -0.4 is 10.6 Å². The van der Waals surface area contributed by atoms with Crippen LogP contribution in [-0.2, 0) is 23.9 Å². The third-order valence-corrected chi connectivity index (χ3v) is 9.08. The highest BCUT2D eigenvalue weighted by molar-refractivity contribution is 6.02. The number of aryl methyl sites for hydroxylation is 2. The van der Waals surface area contributed by atoms with E-state index in [1.165, 1.54) is 6.42 Å². The number of nitrogens with one attached hydrogen (secondary N) is 2. The molecule has 4 aliphatic heterocycles. The second-order valence-corrected chi connectivity index (χ2v) is 11.5. The van der Waals surface area contributed by atoms with Crippen molar-refractivity contribution in [3.05, 3.63) is 41.5 Å². The van der Waals surface area contributed by atoms with E-state index < -0.39 is 29.6 Å². The Morgan fingerprint density at radius 2 is 1.86 bits per heavy atom. The van der Waals surface area contributed by atoms with Crippen molar-refractivity contribution < 1.29 is 23.9 Å². The van der Waals surface area contributed by atoms with Crippen molar-refractivity contribution in [2.24, 2.45) is 11.8 Å². The second-order valence-electron chi connectivity index (χ2n) is 11.5. The molecule has 3 amide bonds.